The van der Waals surface area contributed by atoms with E-state index in [-0.39, 0.29) is 10.6 Å². The molecule has 0 aromatic heterocycles. The molecule has 0 saturated carbocycles. The zero-order chi connectivity index (χ0) is 11.6. The standard InChI is InChI=1S/C7H8BrN3O3S/c8-5-2-1-4(9)3-6(5)15(13,14)11-7(10)12/h1-3H,9H2,(H3,10,11,12). The lowest BCUT2D eigenvalue weighted by molar-refractivity contribution is 0.253. The minimum Gasteiger partial charge on any atom is -0.399 e. The Morgan fingerprint density at radius 3 is 2.53 bits per heavy atom. The lowest BCUT2D eigenvalue weighted by atomic mass is 10.3. The van der Waals surface area contributed by atoms with Crippen molar-refractivity contribution in [3.8, 4) is 0 Å². The molecule has 0 unspecified atom stereocenters. The van der Waals surface area contributed by atoms with Gasteiger partial charge in [0.15, 0.2) is 0 Å². The number of carbonyl (C=O) groups excluding carboxylic acids is 1. The van der Waals surface area contributed by atoms with Gasteiger partial charge in [0.05, 0.1) is 0 Å². The number of sulfonamides is 1. The summed E-state index contributed by atoms with van der Waals surface area (Å²) in [4.78, 5) is 10.3. The van der Waals surface area contributed by atoms with Crippen molar-refractivity contribution in [3.63, 3.8) is 0 Å². The molecule has 1 aromatic carbocycles. The molecule has 2 amide bonds. The molecule has 0 saturated heterocycles. The largest absolute Gasteiger partial charge is 0.399 e. The quantitative estimate of drug-likeness (QED) is 0.684. The van der Waals surface area contributed by atoms with Crippen LogP contribution in [-0.4, -0.2) is 14.4 Å². The lowest BCUT2D eigenvalue weighted by Crippen LogP contribution is -2.35. The number of benzene rings is 1. The third-order valence-electron chi connectivity index (χ3n) is 1.48. The fourth-order valence-corrected chi connectivity index (χ4v) is 2.79. The van der Waals surface area contributed by atoms with Gasteiger partial charge in [0, 0.05) is 10.2 Å². The highest BCUT2D eigenvalue weighted by Crippen LogP contribution is 2.23. The molecule has 0 bridgehead atoms. The van der Waals surface area contributed by atoms with Gasteiger partial charge in [-0.15, -0.1) is 0 Å². The molecule has 82 valence electrons. The van der Waals surface area contributed by atoms with Crippen molar-refractivity contribution in [2.24, 2.45) is 5.73 Å². The monoisotopic (exact) mass is 293 g/mol. The van der Waals surface area contributed by atoms with Gasteiger partial charge >= 0.3 is 6.03 Å². The zero-order valence-corrected chi connectivity index (χ0v) is 9.80. The number of hydrogen-bond donors (Lipinski definition) is 3. The molecular formula is C7H8BrN3O3S. The van der Waals surface area contributed by atoms with Crippen LogP contribution < -0.4 is 16.2 Å². The highest BCUT2D eigenvalue weighted by atomic mass is 79.9. The maximum atomic E-state index is 11.5. The Morgan fingerprint density at radius 1 is 1.40 bits per heavy atom. The van der Waals surface area contributed by atoms with E-state index in [9.17, 15) is 13.2 Å². The molecule has 0 aliphatic carbocycles. The van der Waals surface area contributed by atoms with E-state index in [0.717, 1.165) is 0 Å². The Balaban J connectivity index is 3.26. The lowest BCUT2D eigenvalue weighted by Gasteiger charge is -2.06. The molecule has 0 aliphatic rings. The normalized spacial score (nSPS) is 11.0. The SMILES string of the molecule is NC(=O)NS(=O)(=O)c1cc(N)ccc1Br. The molecule has 0 spiro atoms. The van der Waals surface area contributed by atoms with Crippen LogP contribution >= 0.6 is 15.9 Å². The van der Waals surface area contributed by atoms with Gasteiger partial charge in [-0.1, -0.05) is 0 Å². The first kappa shape index (κ1) is 11.8. The van der Waals surface area contributed by atoms with Gasteiger partial charge in [0.2, 0.25) is 0 Å². The smallest absolute Gasteiger partial charge is 0.326 e. The highest BCUT2D eigenvalue weighted by Gasteiger charge is 2.19. The van der Waals surface area contributed by atoms with Gasteiger partial charge in [-0.3, -0.25) is 0 Å². The Hall–Kier alpha value is -1.28. The number of halogens is 1. The predicted octanol–water partition coefficient (Wildman–Crippen LogP) is 0.388. The highest BCUT2D eigenvalue weighted by molar-refractivity contribution is 9.10. The second-order valence-electron chi connectivity index (χ2n) is 2.66. The Kier molecular flexibility index (Phi) is 3.20. The van der Waals surface area contributed by atoms with E-state index < -0.39 is 16.1 Å². The van der Waals surface area contributed by atoms with Crippen LogP contribution in [0.25, 0.3) is 0 Å². The number of nitrogen functional groups attached to an aromatic ring is 1. The number of rotatable bonds is 2. The van der Waals surface area contributed by atoms with E-state index in [2.05, 4.69) is 15.9 Å². The van der Waals surface area contributed by atoms with Crippen molar-refractivity contribution in [1.82, 2.24) is 4.72 Å². The van der Waals surface area contributed by atoms with Gasteiger partial charge in [-0.25, -0.2) is 17.9 Å². The number of nitrogens with one attached hydrogen (secondary N) is 1. The Morgan fingerprint density at radius 2 is 2.00 bits per heavy atom. The molecule has 5 N–H and O–H groups in total. The van der Waals surface area contributed by atoms with Crippen molar-refractivity contribution < 1.29 is 13.2 Å². The molecule has 0 heterocycles. The van der Waals surface area contributed by atoms with Crippen LogP contribution in [0.3, 0.4) is 0 Å². The molecule has 0 atom stereocenters. The molecular weight excluding hydrogens is 286 g/mol. The van der Waals surface area contributed by atoms with Crippen LogP contribution in [0, 0.1) is 0 Å². The fraction of sp³-hybridized carbons (Fsp3) is 0. The topological polar surface area (TPSA) is 115 Å². The predicted molar refractivity (Wildman–Crippen MR) is 58.5 cm³/mol. The maximum Gasteiger partial charge on any atom is 0.326 e. The van der Waals surface area contributed by atoms with Gasteiger partial charge in [0.1, 0.15) is 4.90 Å². The summed E-state index contributed by atoms with van der Waals surface area (Å²) in [6, 6.07) is 3.05. The Labute approximate surface area is 94.8 Å². The van der Waals surface area contributed by atoms with Crippen LogP contribution in [-0.2, 0) is 10.0 Å². The van der Waals surface area contributed by atoms with Gasteiger partial charge in [0.25, 0.3) is 10.0 Å². The van der Waals surface area contributed by atoms with E-state index >= 15 is 0 Å². The molecule has 0 fully saturated rings. The fourth-order valence-electron chi connectivity index (χ4n) is 0.913. The van der Waals surface area contributed by atoms with Gasteiger partial charge in [-0.2, -0.15) is 0 Å². The van der Waals surface area contributed by atoms with Crippen molar-refractivity contribution in [3.05, 3.63) is 22.7 Å². The number of amides is 2. The third kappa shape index (κ3) is 2.83. The first-order chi connectivity index (χ1) is 6.83. The van der Waals surface area contributed by atoms with Gasteiger partial charge < -0.3 is 11.5 Å². The summed E-state index contributed by atoms with van der Waals surface area (Å²) in [6.07, 6.45) is 0. The van der Waals surface area contributed by atoms with Gasteiger partial charge in [-0.05, 0) is 34.1 Å². The molecule has 6 nitrogen and oxygen atoms in total. The molecule has 1 rings (SSSR count). The van der Waals surface area contributed by atoms with E-state index in [1.807, 2.05) is 0 Å². The average Bonchev–Trinajstić information content (AvgIpc) is 2.06. The van der Waals surface area contributed by atoms with Crippen LogP contribution in [0.5, 0.6) is 0 Å². The minimum absolute atomic E-state index is 0.138. The number of urea groups is 1. The van der Waals surface area contributed by atoms with E-state index in [4.69, 9.17) is 11.5 Å². The molecule has 0 radical (unpaired) electrons. The average molecular weight is 294 g/mol. The summed E-state index contributed by atoms with van der Waals surface area (Å²) in [6.45, 7) is 0. The van der Waals surface area contributed by atoms with Crippen LogP contribution in [0.1, 0.15) is 0 Å². The van der Waals surface area contributed by atoms with Crippen LogP contribution in [0.15, 0.2) is 27.6 Å². The van der Waals surface area contributed by atoms with Crippen molar-refractivity contribution >= 4 is 37.7 Å². The number of nitrogens with two attached hydrogens (primary N) is 2. The van der Waals surface area contributed by atoms with E-state index in [1.54, 1.807) is 4.72 Å². The van der Waals surface area contributed by atoms with Crippen LogP contribution in [0.2, 0.25) is 0 Å². The van der Waals surface area contributed by atoms with E-state index in [0.29, 0.717) is 4.47 Å². The summed E-state index contributed by atoms with van der Waals surface area (Å²) >= 11 is 3.03. The van der Waals surface area contributed by atoms with Crippen molar-refractivity contribution in [2.75, 3.05) is 5.73 Å². The second-order valence-corrected chi connectivity index (χ2v) is 5.16. The first-order valence-electron chi connectivity index (χ1n) is 3.70. The summed E-state index contributed by atoms with van der Waals surface area (Å²) in [5.41, 5.74) is 10.4. The number of hydrogen-bond acceptors (Lipinski definition) is 4. The maximum absolute atomic E-state index is 11.5. The molecule has 0 aliphatic heterocycles. The molecule has 8 heteroatoms. The van der Waals surface area contributed by atoms with Crippen molar-refractivity contribution in [1.29, 1.82) is 0 Å². The number of anilines is 1. The van der Waals surface area contributed by atoms with Crippen LogP contribution in [0.4, 0.5) is 10.5 Å². The van der Waals surface area contributed by atoms with E-state index in [1.165, 1.54) is 18.2 Å². The third-order valence-corrected chi connectivity index (χ3v) is 3.82. The first-order valence-corrected chi connectivity index (χ1v) is 5.98. The molecule has 1 aromatic rings. The zero-order valence-electron chi connectivity index (χ0n) is 7.40. The molecule has 15 heavy (non-hydrogen) atoms. The summed E-state index contributed by atoms with van der Waals surface area (Å²) < 4.78 is 25.0. The number of carbonyl (C=O) groups is 1. The summed E-state index contributed by atoms with van der Waals surface area (Å²) in [5, 5.41) is 0. The Bertz CT molecular complexity index is 500. The number of primary amides is 1. The van der Waals surface area contributed by atoms with Crippen molar-refractivity contribution in [2.45, 2.75) is 4.90 Å². The summed E-state index contributed by atoms with van der Waals surface area (Å²) in [7, 11) is -3.96. The summed E-state index contributed by atoms with van der Waals surface area (Å²) in [5.74, 6) is 0. The second kappa shape index (κ2) is 4.07. The minimum atomic E-state index is -3.96.